The van der Waals surface area contributed by atoms with E-state index in [9.17, 15) is 9.59 Å². The maximum atomic E-state index is 12.2. The number of fused-ring (bicyclic) bond motifs is 1. The van der Waals surface area contributed by atoms with Gasteiger partial charge in [-0.25, -0.2) is 0 Å². The summed E-state index contributed by atoms with van der Waals surface area (Å²) in [4.78, 5) is 23.3. The Kier molecular flexibility index (Phi) is 3.74. The average Bonchev–Trinajstić information content (AvgIpc) is 3.03. The van der Waals surface area contributed by atoms with E-state index in [1.165, 1.54) is 12.8 Å². The summed E-state index contributed by atoms with van der Waals surface area (Å²) in [6.07, 6.45) is 8.90. The van der Waals surface area contributed by atoms with E-state index in [2.05, 4.69) is 5.32 Å². The van der Waals surface area contributed by atoms with E-state index < -0.39 is 5.97 Å². The van der Waals surface area contributed by atoms with Crippen molar-refractivity contribution in [2.75, 3.05) is 6.54 Å². The second-order valence-corrected chi connectivity index (χ2v) is 7.27. The molecule has 1 amide bonds. The monoisotopic (exact) mass is 279 g/mol. The molecule has 4 nitrogen and oxygen atoms in total. The zero-order chi connectivity index (χ0) is 14.2. The number of nitrogens with one attached hydrogen (secondary N) is 1. The lowest BCUT2D eigenvalue weighted by molar-refractivity contribution is -0.141. The number of carboxylic acid groups (broad SMARTS) is 1. The molecule has 0 saturated heterocycles. The Labute approximate surface area is 120 Å². The van der Waals surface area contributed by atoms with Crippen molar-refractivity contribution in [1.29, 1.82) is 0 Å². The molecule has 3 aliphatic rings. The van der Waals surface area contributed by atoms with Gasteiger partial charge in [0.1, 0.15) is 0 Å². The number of amides is 1. The van der Waals surface area contributed by atoms with Crippen LogP contribution in [0.4, 0.5) is 0 Å². The highest BCUT2D eigenvalue weighted by atomic mass is 16.4. The van der Waals surface area contributed by atoms with Gasteiger partial charge in [0.05, 0.1) is 6.42 Å². The normalized spacial score (nSPS) is 34.3. The number of aliphatic carboxylic acids is 1. The van der Waals surface area contributed by atoms with Crippen molar-refractivity contribution < 1.29 is 14.7 Å². The van der Waals surface area contributed by atoms with Crippen molar-refractivity contribution in [3.05, 3.63) is 0 Å². The van der Waals surface area contributed by atoms with Crippen molar-refractivity contribution >= 4 is 11.9 Å². The van der Waals surface area contributed by atoms with E-state index in [0.29, 0.717) is 6.54 Å². The van der Waals surface area contributed by atoms with Crippen LogP contribution >= 0.6 is 0 Å². The summed E-state index contributed by atoms with van der Waals surface area (Å²) in [7, 11) is 0. The van der Waals surface area contributed by atoms with Gasteiger partial charge in [0, 0.05) is 12.5 Å². The molecular weight excluding hydrogens is 254 g/mol. The maximum absolute atomic E-state index is 12.2. The first-order chi connectivity index (χ1) is 9.58. The molecule has 3 saturated carbocycles. The summed E-state index contributed by atoms with van der Waals surface area (Å²) in [5.41, 5.74) is -0.193. The van der Waals surface area contributed by atoms with Gasteiger partial charge < -0.3 is 10.4 Å². The van der Waals surface area contributed by atoms with Crippen LogP contribution in [-0.4, -0.2) is 23.5 Å². The molecule has 20 heavy (non-hydrogen) atoms. The molecular formula is C16H25NO3. The van der Waals surface area contributed by atoms with E-state index in [1.54, 1.807) is 0 Å². The molecule has 0 aliphatic heterocycles. The largest absolute Gasteiger partial charge is 0.481 e. The zero-order valence-corrected chi connectivity index (χ0v) is 12.1. The molecule has 0 spiro atoms. The van der Waals surface area contributed by atoms with E-state index >= 15 is 0 Å². The minimum Gasteiger partial charge on any atom is -0.481 e. The predicted molar refractivity (Wildman–Crippen MR) is 75.1 cm³/mol. The van der Waals surface area contributed by atoms with Gasteiger partial charge in [0.15, 0.2) is 0 Å². The molecule has 0 heterocycles. The number of carbonyl (C=O) groups is 2. The molecule has 4 heteroatoms. The predicted octanol–water partition coefficient (Wildman–Crippen LogP) is 2.57. The maximum Gasteiger partial charge on any atom is 0.303 e. The fourth-order valence-electron chi connectivity index (χ4n) is 4.39. The summed E-state index contributed by atoms with van der Waals surface area (Å²) in [6, 6.07) is 0. The van der Waals surface area contributed by atoms with Crippen LogP contribution in [0.3, 0.4) is 0 Å². The Balaban J connectivity index is 1.53. The first-order valence-electron chi connectivity index (χ1n) is 8.07. The Hall–Kier alpha value is -1.06. The molecule has 0 aromatic heterocycles. The first kappa shape index (κ1) is 13.9. The summed E-state index contributed by atoms with van der Waals surface area (Å²) in [5.74, 6) is 1.27. The second-order valence-electron chi connectivity index (χ2n) is 7.27. The molecule has 3 aliphatic carbocycles. The van der Waals surface area contributed by atoms with E-state index in [-0.39, 0.29) is 23.7 Å². The topological polar surface area (TPSA) is 66.4 Å². The van der Waals surface area contributed by atoms with Crippen LogP contribution < -0.4 is 5.32 Å². The number of rotatable bonds is 5. The van der Waals surface area contributed by atoms with Gasteiger partial charge in [-0.15, -0.1) is 0 Å². The van der Waals surface area contributed by atoms with Crippen molar-refractivity contribution in [2.45, 2.75) is 57.8 Å². The summed E-state index contributed by atoms with van der Waals surface area (Å²) < 4.78 is 0. The lowest BCUT2D eigenvalue weighted by atomic mass is 9.71. The van der Waals surface area contributed by atoms with Crippen LogP contribution in [0.1, 0.15) is 57.8 Å². The number of hydrogen-bond donors (Lipinski definition) is 2. The van der Waals surface area contributed by atoms with E-state index in [4.69, 9.17) is 5.11 Å². The molecule has 2 N–H and O–H groups in total. The minimum absolute atomic E-state index is 0.174. The van der Waals surface area contributed by atoms with Gasteiger partial charge in [-0.3, -0.25) is 9.59 Å². The Bertz CT molecular complexity index is 391. The quantitative estimate of drug-likeness (QED) is 0.813. The van der Waals surface area contributed by atoms with Crippen molar-refractivity contribution in [3.63, 3.8) is 0 Å². The van der Waals surface area contributed by atoms with Gasteiger partial charge in [-0.2, -0.15) is 0 Å². The molecule has 2 unspecified atom stereocenters. The highest BCUT2D eigenvalue weighted by Crippen LogP contribution is 2.54. The Morgan fingerprint density at radius 3 is 2.30 bits per heavy atom. The zero-order valence-electron chi connectivity index (χ0n) is 12.1. The summed E-state index contributed by atoms with van der Waals surface area (Å²) in [5, 5.41) is 12.2. The Morgan fingerprint density at radius 2 is 1.70 bits per heavy atom. The number of hydrogen-bond acceptors (Lipinski definition) is 2. The number of carboxylic acids is 1. The molecule has 0 aromatic rings. The third-order valence-corrected chi connectivity index (χ3v) is 5.69. The van der Waals surface area contributed by atoms with Crippen LogP contribution in [0.2, 0.25) is 0 Å². The van der Waals surface area contributed by atoms with Crippen molar-refractivity contribution in [2.24, 2.45) is 23.2 Å². The third kappa shape index (κ3) is 2.99. The van der Waals surface area contributed by atoms with Gasteiger partial charge >= 0.3 is 5.97 Å². The third-order valence-electron chi connectivity index (χ3n) is 5.69. The van der Waals surface area contributed by atoms with E-state index in [0.717, 1.165) is 50.4 Å². The fourth-order valence-corrected chi connectivity index (χ4v) is 4.39. The average molecular weight is 279 g/mol. The highest BCUT2D eigenvalue weighted by molar-refractivity contribution is 5.79. The van der Waals surface area contributed by atoms with Gasteiger partial charge in [-0.05, 0) is 49.4 Å². The molecule has 0 aromatic carbocycles. The van der Waals surface area contributed by atoms with Gasteiger partial charge in [-0.1, -0.05) is 19.3 Å². The fraction of sp³-hybridized carbons (Fsp3) is 0.875. The van der Waals surface area contributed by atoms with Crippen LogP contribution in [0.5, 0.6) is 0 Å². The molecule has 3 rings (SSSR count). The van der Waals surface area contributed by atoms with Gasteiger partial charge in [0.25, 0.3) is 0 Å². The van der Waals surface area contributed by atoms with E-state index in [1.807, 2.05) is 0 Å². The highest BCUT2D eigenvalue weighted by Gasteiger charge is 2.48. The molecule has 3 fully saturated rings. The second kappa shape index (κ2) is 5.38. The standard InChI is InChI=1S/C16H25NO3/c18-14(19)9-16(4-2-1-3-5-16)10-17-15(20)13-7-11-6-12(11)8-13/h11-13H,1-10H2,(H,17,20)(H,18,19). The lowest BCUT2D eigenvalue weighted by Crippen LogP contribution is -2.42. The molecule has 2 atom stereocenters. The van der Waals surface area contributed by atoms with Crippen molar-refractivity contribution in [3.8, 4) is 0 Å². The SMILES string of the molecule is O=C(O)CC1(CNC(=O)C2CC3CC3C2)CCCCC1. The smallest absolute Gasteiger partial charge is 0.303 e. The van der Waals surface area contributed by atoms with Crippen LogP contribution in [0.25, 0.3) is 0 Å². The van der Waals surface area contributed by atoms with Crippen LogP contribution in [-0.2, 0) is 9.59 Å². The Morgan fingerprint density at radius 1 is 1.05 bits per heavy atom. The molecule has 112 valence electrons. The van der Waals surface area contributed by atoms with Crippen LogP contribution in [0, 0.1) is 23.2 Å². The molecule has 0 bridgehead atoms. The summed E-state index contributed by atoms with van der Waals surface area (Å²) >= 11 is 0. The first-order valence-corrected chi connectivity index (χ1v) is 8.07. The lowest BCUT2D eigenvalue weighted by Gasteiger charge is -2.36. The summed E-state index contributed by atoms with van der Waals surface area (Å²) in [6.45, 7) is 0.559. The molecule has 0 radical (unpaired) electrons. The minimum atomic E-state index is -0.733. The number of carbonyl (C=O) groups excluding carboxylic acids is 1. The van der Waals surface area contributed by atoms with Gasteiger partial charge in [0.2, 0.25) is 5.91 Å². The van der Waals surface area contributed by atoms with Crippen molar-refractivity contribution in [1.82, 2.24) is 5.32 Å². The van der Waals surface area contributed by atoms with Crippen LogP contribution in [0.15, 0.2) is 0 Å².